The van der Waals surface area contributed by atoms with Crippen molar-refractivity contribution in [3.05, 3.63) is 83.0 Å². The minimum Gasteiger partial charge on any atom is -0.291 e. The maximum absolute atomic E-state index is 12.8. The predicted octanol–water partition coefficient (Wildman–Crippen LogP) is 7.03. The van der Waals surface area contributed by atoms with E-state index in [1.807, 2.05) is 59.5 Å². The zero-order valence-corrected chi connectivity index (χ0v) is 18.1. The lowest BCUT2D eigenvalue weighted by Crippen LogP contribution is -2.34. The molecule has 1 aliphatic rings. The second-order valence-electron chi connectivity index (χ2n) is 6.64. The van der Waals surface area contributed by atoms with Crippen LogP contribution in [0.5, 0.6) is 0 Å². The first-order valence-electron chi connectivity index (χ1n) is 9.10. The van der Waals surface area contributed by atoms with Gasteiger partial charge in [-0.1, -0.05) is 53.7 Å². The van der Waals surface area contributed by atoms with E-state index in [1.54, 1.807) is 0 Å². The fourth-order valence-electron chi connectivity index (χ4n) is 3.02. The Labute approximate surface area is 191 Å². The quantitative estimate of drug-likeness (QED) is 0.369. The molecule has 0 aliphatic carbocycles. The molecule has 0 saturated heterocycles. The molecule has 158 valence electrons. The van der Waals surface area contributed by atoms with Crippen LogP contribution in [-0.4, -0.2) is 16.3 Å². The highest BCUT2D eigenvalue weighted by atomic mass is 35.5. The van der Waals surface area contributed by atoms with Crippen molar-refractivity contribution in [3.8, 4) is 0 Å². The van der Waals surface area contributed by atoms with Gasteiger partial charge in [-0.25, -0.2) is 4.98 Å². The maximum atomic E-state index is 12.8. The van der Waals surface area contributed by atoms with E-state index in [4.69, 9.17) is 23.8 Å². The summed E-state index contributed by atoms with van der Waals surface area (Å²) in [6.45, 7) is 0. The van der Waals surface area contributed by atoms with Crippen molar-refractivity contribution in [2.75, 3.05) is 4.90 Å². The number of thiocarbonyl (C=S) groups is 1. The Morgan fingerprint density at radius 3 is 2.42 bits per heavy atom. The summed E-state index contributed by atoms with van der Waals surface area (Å²) in [4.78, 5) is 6.51. The normalized spacial score (nSPS) is 16.2. The molecule has 1 unspecified atom stereocenters. The number of azo groups is 1. The van der Waals surface area contributed by atoms with Gasteiger partial charge in [-0.3, -0.25) is 4.90 Å². The topological polar surface area (TPSA) is 40.9 Å². The van der Waals surface area contributed by atoms with Crippen LogP contribution in [-0.2, 0) is 12.6 Å². The first-order chi connectivity index (χ1) is 14.8. The van der Waals surface area contributed by atoms with Crippen molar-refractivity contribution in [3.63, 3.8) is 0 Å². The highest BCUT2D eigenvalue weighted by Gasteiger charge is 2.32. The Bertz CT molecular complexity index is 1120. The number of benzene rings is 2. The van der Waals surface area contributed by atoms with E-state index >= 15 is 0 Å². The van der Waals surface area contributed by atoms with Crippen molar-refractivity contribution in [2.24, 2.45) is 10.2 Å². The Balaban J connectivity index is 1.49. The van der Waals surface area contributed by atoms with Crippen molar-refractivity contribution in [2.45, 2.75) is 28.7 Å². The van der Waals surface area contributed by atoms with Gasteiger partial charge in [0.1, 0.15) is 5.03 Å². The van der Waals surface area contributed by atoms with Crippen LogP contribution in [0.1, 0.15) is 11.1 Å². The number of hydrogen-bond donors (Lipinski definition) is 0. The Kier molecular flexibility index (Phi) is 6.27. The van der Waals surface area contributed by atoms with E-state index in [1.165, 1.54) is 11.8 Å². The fraction of sp³-hybridized carbons (Fsp3) is 0.143. The molecule has 0 bridgehead atoms. The summed E-state index contributed by atoms with van der Waals surface area (Å²) in [6, 6.07) is 18.2. The molecule has 0 saturated carbocycles. The molecule has 2 aromatic carbocycles. The van der Waals surface area contributed by atoms with Crippen LogP contribution in [0.2, 0.25) is 5.02 Å². The first-order valence-corrected chi connectivity index (χ1v) is 10.7. The average molecular weight is 479 g/mol. The highest BCUT2D eigenvalue weighted by Crippen LogP contribution is 2.37. The van der Waals surface area contributed by atoms with Gasteiger partial charge in [0.25, 0.3) is 0 Å². The van der Waals surface area contributed by atoms with Crippen molar-refractivity contribution >= 4 is 46.4 Å². The number of pyridine rings is 1. The summed E-state index contributed by atoms with van der Waals surface area (Å²) in [7, 11) is 0. The number of anilines is 1. The number of rotatable bonds is 5. The molecular weight excluding hydrogens is 465 g/mol. The number of alkyl halides is 3. The molecule has 10 heteroatoms. The molecule has 1 aliphatic heterocycles. The first kappa shape index (κ1) is 21.7. The fourth-order valence-corrected chi connectivity index (χ4v) is 4.34. The van der Waals surface area contributed by atoms with Gasteiger partial charge < -0.3 is 0 Å². The predicted molar refractivity (Wildman–Crippen MR) is 119 cm³/mol. The third-order valence-electron chi connectivity index (χ3n) is 4.51. The minimum atomic E-state index is -4.48. The maximum Gasteiger partial charge on any atom is 0.417 e. The molecule has 2 heterocycles. The number of halogens is 4. The van der Waals surface area contributed by atoms with Gasteiger partial charge in [-0.05, 0) is 48.1 Å². The van der Waals surface area contributed by atoms with Crippen LogP contribution < -0.4 is 4.90 Å². The molecule has 4 nitrogen and oxygen atoms in total. The van der Waals surface area contributed by atoms with Crippen LogP contribution in [0.15, 0.2) is 87.0 Å². The third kappa shape index (κ3) is 5.06. The Hall–Kier alpha value is -2.49. The van der Waals surface area contributed by atoms with Gasteiger partial charge in [0, 0.05) is 23.2 Å². The minimum absolute atomic E-state index is 0.0508. The van der Waals surface area contributed by atoms with Crippen molar-refractivity contribution in [1.29, 1.82) is 0 Å². The lowest BCUT2D eigenvalue weighted by Gasteiger charge is -2.23. The second-order valence-corrected chi connectivity index (χ2v) is 8.48. The lowest BCUT2D eigenvalue weighted by molar-refractivity contribution is -0.137. The third-order valence-corrected chi connectivity index (χ3v) is 6.21. The van der Waals surface area contributed by atoms with Gasteiger partial charge in [0.05, 0.1) is 10.6 Å². The van der Waals surface area contributed by atoms with Crippen molar-refractivity contribution in [1.82, 2.24) is 4.98 Å². The van der Waals surface area contributed by atoms with E-state index in [9.17, 15) is 13.2 Å². The van der Waals surface area contributed by atoms with E-state index in [-0.39, 0.29) is 11.2 Å². The Morgan fingerprint density at radius 2 is 1.77 bits per heavy atom. The summed E-state index contributed by atoms with van der Waals surface area (Å²) in [5, 5.41) is 8.97. The van der Waals surface area contributed by atoms with Gasteiger partial charge in [-0.15, -0.1) is 5.11 Å². The summed E-state index contributed by atoms with van der Waals surface area (Å²) in [6.07, 6.45) is -3.28. The Morgan fingerprint density at radius 1 is 1.06 bits per heavy atom. The summed E-state index contributed by atoms with van der Waals surface area (Å²) < 4.78 is 38.4. The van der Waals surface area contributed by atoms with Crippen LogP contribution in [0.3, 0.4) is 0 Å². The molecule has 0 radical (unpaired) electrons. The molecule has 3 aromatic rings. The molecule has 1 aromatic heterocycles. The van der Waals surface area contributed by atoms with E-state index in [0.29, 0.717) is 16.6 Å². The molecular formula is C21H14ClF3N4S2. The van der Waals surface area contributed by atoms with Crippen LogP contribution in [0.4, 0.5) is 18.9 Å². The smallest absolute Gasteiger partial charge is 0.291 e. The average Bonchev–Trinajstić information content (AvgIpc) is 3.10. The molecule has 4 rings (SSSR count). The standard InChI is InChI=1S/C21H14ClF3N4S2/c22-17-11-14(21(23,24)25)12-26-19(17)31-16-8-6-15(7-9-16)29-18(27-28-20(29)30)10-13-4-2-1-3-5-13/h1-9,11-12,18H,10H2. The van der Waals surface area contributed by atoms with Gasteiger partial charge in [0.15, 0.2) is 6.17 Å². The summed E-state index contributed by atoms with van der Waals surface area (Å²) in [5.41, 5.74) is 1.07. The molecule has 0 fully saturated rings. The van der Waals surface area contributed by atoms with E-state index < -0.39 is 11.7 Å². The SMILES string of the molecule is FC(F)(F)c1cnc(Sc2ccc(N3C(=S)N=NC3Cc3ccccc3)cc2)c(Cl)c1. The molecule has 0 N–H and O–H groups in total. The van der Waals surface area contributed by atoms with E-state index in [2.05, 4.69) is 15.2 Å². The number of hydrogen-bond acceptors (Lipinski definition) is 4. The second kappa shape index (κ2) is 8.94. The highest BCUT2D eigenvalue weighted by molar-refractivity contribution is 7.99. The van der Waals surface area contributed by atoms with Crippen molar-refractivity contribution < 1.29 is 13.2 Å². The number of aromatic nitrogens is 1. The van der Waals surface area contributed by atoms with Crippen LogP contribution in [0.25, 0.3) is 0 Å². The molecule has 0 spiro atoms. The van der Waals surface area contributed by atoms with E-state index in [0.717, 1.165) is 28.4 Å². The lowest BCUT2D eigenvalue weighted by atomic mass is 10.1. The van der Waals surface area contributed by atoms with Crippen LogP contribution >= 0.6 is 35.6 Å². The summed E-state index contributed by atoms with van der Waals surface area (Å²) >= 11 is 12.5. The zero-order valence-electron chi connectivity index (χ0n) is 15.8. The largest absolute Gasteiger partial charge is 0.417 e. The van der Waals surface area contributed by atoms with Gasteiger partial charge >= 0.3 is 6.18 Å². The summed E-state index contributed by atoms with van der Waals surface area (Å²) in [5.74, 6) is 0. The van der Waals surface area contributed by atoms with Gasteiger partial charge in [-0.2, -0.15) is 18.3 Å². The monoisotopic (exact) mass is 478 g/mol. The van der Waals surface area contributed by atoms with Crippen LogP contribution in [0, 0.1) is 0 Å². The number of nitrogens with zero attached hydrogens (tertiary/aromatic N) is 4. The molecule has 31 heavy (non-hydrogen) atoms. The van der Waals surface area contributed by atoms with Gasteiger partial charge in [0.2, 0.25) is 5.11 Å². The molecule has 1 atom stereocenters. The molecule has 0 amide bonds. The zero-order chi connectivity index (χ0) is 22.0.